The van der Waals surface area contributed by atoms with E-state index in [1.165, 1.54) is 6.07 Å². The highest BCUT2D eigenvalue weighted by atomic mass is 16.6. The number of nitrogens with zero attached hydrogens (tertiary/aromatic N) is 19. The average Bonchev–Trinajstić information content (AvgIpc) is 1.62. The lowest BCUT2D eigenvalue weighted by molar-refractivity contribution is 0.0441. The summed E-state index contributed by atoms with van der Waals surface area (Å²) in [6, 6.07) is 69.0. The van der Waals surface area contributed by atoms with Crippen LogP contribution in [0, 0.1) is 0 Å². The number of ether oxygens (including phenoxy) is 1. The number of benzene rings is 8. The van der Waals surface area contributed by atoms with Crippen LogP contribution in [0.25, 0.3) is 102 Å². The van der Waals surface area contributed by atoms with E-state index >= 15 is 0 Å². The minimum atomic E-state index is -1.11. The first kappa shape index (κ1) is 92.2. The molecule has 33 heteroatoms. The van der Waals surface area contributed by atoms with Gasteiger partial charge in [-0.05, 0) is 248 Å². The fourth-order valence-corrected chi connectivity index (χ4v) is 17.9. The number of hydrogen-bond acceptors (Lipinski definition) is 22. The van der Waals surface area contributed by atoms with E-state index in [-0.39, 0.29) is 89.7 Å². The van der Waals surface area contributed by atoms with Crippen LogP contribution in [0.4, 0.5) is 23.3 Å². The maximum Gasteiger partial charge on any atom is 0.346 e. The van der Waals surface area contributed by atoms with Crippen LogP contribution in [-0.4, -0.2) is 153 Å². The Hall–Kier alpha value is -17.9. The van der Waals surface area contributed by atoms with Gasteiger partial charge in [0.1, 0.15) is 46.0 Å². The number of hydrogen-bond donors (Lipinski definition) is 5. The number of aromatic carboxylic acids is 2. The smallest absolute Gasteiger partial charge is 0.346 e. The van der Waals surface area contributed by atoms with Crippen molar-refractivity contribution in [1.29, 1.82) is 0 Å². The van der Waals surface area contributed by atoms with E-state index in [1.807, 2.05) is 202 Å². The predicted octanol–water partition coefficient (Wildman–Crippen LogP) is 18.3. The number of carbonyl (C=O) groups is 8. The van der Waals surface area contributed by atoms with E-state index in [2.05, 4.69) is 105 Å². The van der Waals surface area contributed by atoms with Crippen molar-refractivity contribution in [3.63, 3.8) is 0 Å². The number of esters is 2. The van der Waals surface area contributed by atoms with Crippen LogP contribution >= 0.6 is 0 Å². The minimum absolute atomic E-state index is 0.0409. The molecule has 9 aromatic heterocycles. The third-order valence-corrected chi connectivity index (χ3v) is 25.2. The number of amides is 4. The predicted molar refractivity (Wildman–Crippen MR) is 526 cm³/mol. The summed E-state index contributed by atoms with van der Waals surface area (Å²) in [7, 11) is 0. The number of aromatic nitrogens is 16. The summed E-state index contributed by atoms with van der Waals surface area (Å²) in [5.41, 5.74) is 17.6. The second-order valence-electron chi connectivity index (χ2n) is 35.3. The van der Waals surface area contributed by atoms with Crippen molar-refractivity contribution >= 4 is 70.8 Å². The van der Waals surface area contributed by atoms with Crippen LogP contribution in [0.1, 0.15) is 196 Å². The van der Waals surface area contributed by atoms with E-state index in [0.717, 1.165) is 90.2 Å². The first-order valence-corrected chi connectivity index (χ1v) is 45.7. The van der Waals surface area contributed by atoms with Gasteiger partial charge in [0, 0.05) is 108 Å². The SMILES string of the molecule is CC(C)n1ccnc1-c1cccc(N2Cc3ccc(-c4ccc(CCO)c(C(=O)O)c4)cc3C2=O)n1.CC(C)n1ccnc1-c1cccc(N2Cc3ccc(-c4ccc(CO)c(C(=O)O)c4)cc3C2=O)n1.CC(C)n1ccnc1-c1cccc(N2Cc3ccc(-c4ccc5c(c4)C(=O)OC5=O)cc3C2=O)n1.CC(C)n1ccnc1-c1cccc(N2Cc3ccc(-c4cccc(-c5nn[nH]n5)c4)cc3C2=O)n1. The van der Waals surface area contributed by atoms with Crippen LogP contribution in [0.15, 0.2) is 274 Å². The van der Waals surface area contributed by atoms with E-state index in [9.17, 15) is 58.8 Å². The molecule has 0 bridgehead atoms. The number of aromatic amines is 1. The summed E-state index contributed by atoms with van der Waals surface area (Å²) in [4.78, 5) is 144. The lowest BCUT2D eigenvalue weighted by Gasteiger charge is -2.16. The molecule has 4 amide bonds. The summed E-state index contributed by atoms with van der Waals surface area (Å²) < 4.78 is 12.9. The average molecular weight is 1880 g/mol. The van der Waals surface area contributed by atoms with Gasteiger partial charge in [-0.25, -0.2) is 59.0 Å². The Morgan fingerprint density at radius 2 is 0.652 bits per heavy atom. The maximum absolute atomic E-state index is 13.4. The van der Waals surface area contributed by atoms with Crippen LogP contribution in [-0.2, 0) is 43.9 Å². The molecule has 0 atom stereocenters. The molecule has 0 saturated heterocycles. The fraction of sp³-hybridized carbons (Fsp3) is 0.176. The number of aliphatic hydroxyl groups excluding tert-OH is 2. The van der Waals surface area contributed by atoms with Crippen molar-refractivity contribution in [1.82, 2.24) is 78.8 Å². The van der Waals surface area contributed by atoms with Crippen LogP contribution in [0.5, 0.6) is 0 Å². The number of carbonyl (C=O) groups excluding carboxylic acids is 6. The molecular formula is C108H92N20O13. The van der Waals surface area contributed by atoms with Crippen LogP contribution in [0.2, 0.25) is 0 Å². The number of nitrogens with one attached hydrogen (secondary N) is 1. The lowest BCUT2D eigenvalue weighted by atomic mass is 9.95. The summed E-state index contributed by atoms with van der Waals surface area (Å²) >= 11 is 0. The maximum atomic E-state index is 13.4. The van der Waals surface area contributed by atoms with Gasteiger partial charge in [-0.15, -0.1) is 10.2 Å². The second-order valence-corrected chi connectivity index (χ2v) is 35.3. The molecule has 0 fully saturated rings. The number of aliphatic hydroxyl groups is 2. The standard InChI is InChI=1S/C28H26N4O4.C27H20N4O4.C27H24N4O4.C26H22N8O/c1-17(2)31-12-11-29-26(31)24-4-3-5-25(30-24)32-16-21-9-8-19(14-22(21)27(32)34)20-7-6-18(10-13-33)23(15-20)28(35)36;1-15(2)30-11-10-28-24(30)22-4-3-5-23(29-22)31-14-18-7-6-16(12-20(18)25(31)32)17-8-9-19-21(13-17)27(34)35-26(19)33;1-16(2)30-11-10-28-25(30)23-4-3-5-24(29-23)31-14-19-8-6-17(12-21(19)26(31)33)18-7-9-20(15-32)22(13-18)27(34)35;1-16(2)33-12-11-27-25(33)22-7-4-8-23(28-22)34-15-20-10-9-18(14-21(20)26(34)35)17-5-3-6-19(13-17)24-29-31-32-30-24/h3-9,11-12,14-15,17,33H,10,13,16H2,1-2H3,(H,35,36);3-13,15H,14H2,1-2H3;3-13,16,32H,14-15H2,1-2H3,(H,34,35);3-14,16H,15H2,1-2H3,(H,29,30,31,32). The van der Waals surface area contributed by atoms with E-state index in [1.54, 1.807) is 99.0 Å². The summed E-state index contributed by atoms with van der Waals surface area (Å²) in [5.74, 6) is 1.86. The molecule has 702 valence electrons. The van der Waals surface area contributed by atoms with Gasteiger partial charge in [-0.3, -0.25) is 38.8 Å². The van der Waals surface area contributed by atoms with Crippen LogP contribution < -0.4 is 19.6 Å². The highest BCUT2D eigenvalue weighted by Crippen LogP contribution is 2.41. The number of H-pyrrole nitrogens is 1. The number of imidazole rings is 4. The molecule has 22 rings (SSSR count). The molecule has 0 unspecified atom stereocenters. The molecule has 8 aromatic carbocycles. The van der Waals surface area contributed by atoms with Gasteiger partial charge >= 0.3 is 23.9 Å². The number of cyclic esters (lactones) is 2. The zero-order valence-electron chi connectivity index (χ0n) is 77.7. The molecule has 0 saturated carbocycles. The molecule has 5 aliphatic heterocycles. The highest BCUT2D eigenvalue weighted by molar-refractivity contribution is 6.16. The molecule has 0 aliphatic carbocycles. The third kappa shape index (κ3) is 18.2. The number of carboxylic acids is 2. The lowest BCUT2D eigenvalue weighted by Crippen LogP contribution is -2.24. The molecule has 5 aliphatic rings. The Labute approximate surface area is 807 Å². The minimum Gasteiger partial charge on any atom is -0.478 e. The Kier molecular flexibility index (Phi) is 25.3. The van der Waals surface area contributed by atoms with Crippen molar-refractivity contribution < 1.29 is 63.5 Å². The Morgan fingerprint density at radius 3 is 0.986 bits per heavy atom. The Balaban J connectivity index is 0.000000120. The number of fused-ring (bicyclic) bond motifs is 5. The highest BCUT2D eigenvalue weighted by Gasteiger charge is 2.37. The van der Waals surface area contributed by atoms with Crippen LogP contribution in [0.3, 0.4) is 0 Å². The molecule has 5 N–H and O–H groups in total. The summed E-state index contributed by atoms with van der Waals surface area (Å²) in [5, 5.41) is 52.0. The molecule has 33 nitrogen and oxygen atoms in total. The van der Waals surface area contributed by atoms with E-state index < -0.39 is 23.9 Å². The molecule has 0 spiro atoms. The van der Waals surface area contributed by atoms with Crippen molar-refractivity contribution in [3.8, 4) is 102 Å². The van der Waals surface area contributed by atoms with Gasteiger partial charge in [0.05, 0.1) is 55.0 Å². The third-order valence-electron chi connectivity index (χ3n) is 25.2. The Morgan fingerprint density at radius 1 is 0.348 bits per heavy atom. The van der Waals surface area contributed by atoms with Crippen molar-refractivity contribution in [3.05, 3.63) is 352 Å². The quantitative estimate of drug-likeness (QED) is 0.0311. The Bertz CT molecular complexity index is 7840. The number of pyridine rings is 4. The second kappa shape index (κ2) is 38.7. The van der Waals surface area contributed by atoms with Gasteiger partial charge < -0.3 is 43.4 Å². The summed E-state index contributed by atoms with van der Waals surface area (Å²) in [6.45, 7) is 17.9. The zero-order chi connectivity index (χ0) is 98.3. The van der Waals surface area contributed by atoms with Gasteiger partial charge in [-0.1, -0.05) is 121 Å². The summed E-state index contributed by atoms with van der Waals surface area (Å²) in [6.07, 6.45) is 15.0. The van der Waals surface area contributed by atoms with Crippen molar-refractivity contribution in [2.75, 3.05) is 26.2 Å². The first-order chi connectivity index (χ1) is 68.2. The topological polar surface area (TPSA) is 417 Å². The normalized spacial score (nSPS) is 13.3. The van der Waals surface area contributed by atoms with E-state index in [4.69, 9.17) is 19.9 Å². The number of rotatable bonds is 22. The van der Waals surface area contributed by atoms with Gasteiger partial charge in [-0.2, -0.15) is 5.21 Å². The first-order valence-electron chi connectivity index (χ1n) is 45.7. The van der Waals surface area contributed by atoms with Gasteiger partial charge in [0.2, 0.25) is 5.82 Å². The van der Waals surface area contributed by atoms with Crippen molar-refractivity contribution in [2.45, 2.75) is 119 Å². The number of anilines is 4. The zero-order valence-corrected chi connectivity index (χ0v) is 77.7. The number of tetrazole rings is 1. The molecular weight excluding hydrogens is 1790 g/mol. The monoisotopic (exact) mass is 1880 g/mol. The molecule has 141 heavy (non-hydrogen) atoms. The largest absolute Gasteiger partial charge is 0.478 e. The number of carboxylic acid groups (broad SMARTS) is 2. The van der Waals surface area contributed by atoms with Gasteiger partial charge in [0.25, 0.3) is 23.6 Å². The van der Waals surface area contributed by atoms with Crippen molar-refractivity contribution in [2.24, 2.45) is 0 Å². The molecule has 17 aromatic rings. The molecule has 14 heterocycles. The molecule has 0 radical (unpaired) electrons. The fourth-order valence-electron chi connectivity index (χ4n) is 17.9. The van der Waals surface area contributed by atoms with Gasteiger partial charge in [0.15, 0.2) is 23.3 Å². The van der Waals surface area contributed by atoms with E-state index in [0.29, 0.717) is 117 Å².